The van der Waals surface area contributed by atoms with Gasteiger partial charge in [-0.25, -0.2) is 9.78 Å². The summed E-state index contributed by atoms with van der Waals surface area (Å²) < 4.78 is 67.8. The van der Waals surface area contributed by atoms with Gasteiger partial charge in [0.2, 0.25) is 11.8 Å². The Kier molecular flexibility index (Phi) is 5.80. The zero-order chi connectivity index (χ0) is 24.7. The molecule has 0 saturated heterocycles. The molecule has 34 heavy (non-hydrogen) atoms. The van der Waals surface area contributed by atoms with Crippen LogP contribution in [-0.2, 0) is 30.1 Å². The number of carbonyl (C=O) groups is 1. The minimum atomic E-state index is -6.04. The molecule has 3 aromatic rings. The number of hydrogen-bond donors (Lipinski definition) is 2. The summed E-state index contributed by atoms with van der Waals surface area (Å²) in [6.07, 6.45) is 2.20. The van der Waals surface area contributed by atoms with Crippen molar-refractivity contribution in [1.29, 1.82) is 0 Å². The first-order valence-corrected chi connectivity index (χ1v) is 11.1. The van der Waals surface area contributed by atoms with Crippen molar-refractivity contribution < 1.29 is 35.7 Å². The summed E-state index contributed by atoms with van der Waals surface area (Å²) in [6.45, 7) is -0.405. The van der Waals surface area contributed by atoms with Gasteiger partial charge in [-0.2, -0.15) is 31.7 Å². The number of alkyl halides is 3. The second-order valence-electron chi connectivity index (χ2n) is 7.32. The first kappa shape index (κ1) is 23.3. The molecule has 1 aliphatic heterocycles. The molecule has 0 aliphatic carbocycles. The Bertz CT molecular complexity index is 1340. The van der Waals surface area contributed by atoms with Crippen LogP contribution in [0.1, 0.15) is 11.3 Å². The molecular weight excluding hydrogens is 481 g/mol. The largest absolute Gasteiger partial charge is 0.534 e. The molecule has 0 bridgehead atoms. The number of aromatic nitrogens is 4. The first-order valence-electron chi connectivity index (χ1n) is 9.67. The fourth-order valence-electron chi connectivity index (χ4n) is 3.27. The quantitative estimate of drug-likeness (QED) is 0.401. The highest BCUT2D eigenvalue weighted by molar-refractivity contribution is 7.87. The van der Waals surface area contributed by atoms with Crippen molar-refractivity contribution in [2.24, 2.45) is 7.05 Å². The van der Waals surface area contributed by atoms with E-state index in [1.807, 2.05) is 6.20 Å². The molecule has 1 aromatic carbocycles. The predicted molar refractivity (Wildman–Crippen MR) is 112 cm³/mol. The van der Waals surface area contributed by atoms with Gasteiger partial charge in [0.05, 0.1) is 24.0 Å². The van der Waals surface area contributed by atoms with Gasteiger partial charge in [-0.3, -0.25) is 4.68 Å². The molecule has 2 N–H and O–H groups in total. The van der Waals surface area contributed by atoms with Crippen molar-refractivity contribution in [2.45, 2.75) is 18.5 Å². The van der Waals surface area contributed by atoms with Crippen LogP contribution in [0.15, 0.2) is 36.7 Å². The number of fused-ring (bicyclic) bond motifs is 1. The van der Waals surface area contributed by atoms with Crippen molar-refractivity contribution >= 4 is 27.8 Å². The van der Waals surface area contributed by atoms with Crippen molar-refractivity contribution in [1.82, 2.24) is 24.6 Å². The van der Waals surface area contributed by atoms with E-state index >= 15 is 0 Å². The number of aryl methyl sites for hydroxylation is 1. The average Bonchev–Trinajstić information content (AvgIpc) is 3.19. The molecule has 4 rings (SSSR count). The summed E-state index contributed by atoms with van der Waals surface area (Å²) in [5.41, 5.74) is -3.47. The number of nitrogens with zero attached hydrogens (tertiary/aromatic N) is 5. The second kappa shape index (κ2) is 8.48. The van der Waals surface area contributed by atoms with Crippen molar-refractivity contribution in [3.63, 3.8) is 0 Å². The number of halogens is 3. The number of rotatable bonds is 5. The molecule has 0 radical (unpaired) electrons. The Morgan fingerprint density at radius 2 is 1.88 bits per heavy atom. The van der Waals surface area contributed by atoms with Gasteiger partial charge in [-0.1, -0.05) is 12.1 Å². The Hall–Kier alpha value is -3.88. The van der Waals surface area contributed by atoms with Crippen LogP contribution in [0.3, 0.4) is 0 Å². The second-order valence-corrected chi connectivity index (χ2v) is 8.86. The highest BCUT2D eigenvalue weighted by Gasteiger charge is 2.49. The number of amides is 1. The van der Waals surface area contributed by atoms with E-state index in [9.17, 15) is 31.5 Å². The van der Waals surface area contributed by atoms with Crippen LogP contribution in [0.4, 0.5) is 29.6 Å². The summed E-state index contributed by atoms with van der Waals surface area (Å²) in [6, 6.07) is 6.89. The van der Waals surface area contributed by atoms with E-state index < -0.39 is 34.1 Å². The van der Waals surface area contributed by atoms with E-state index in [0.717, 1.165) is 16.0 Å². The molecule has 2 aromatic heterocycles. The molecule has 0 fully saturated rings. The fraction of sp³-hybridized carbons (Fsp3) is 0.263. The molecule has 1 aliphatic rings. The Balaban J connectivity index is 1.66. The summed E-state index contributed by atoms with van der Waals surface area (Å²) >= 11 is 0. The number of hydrogen-bond acceptors (Lipinski definition) is 8. The lowest BCUT2D eigenvalue weighted by molar-refractivity contribution is -0.0502. The van der Waals surface area contributed by atoms with Gasteiger partial charge in [0, 0.05) is 37.5 Å². The first-order chi connectivity index (χ1) is 15.9. The lowest BCUT2D eigenvalue weighted by Gasteiger charge is -2.27. The third-order valence-electron chi connectivity index (χ3n) is 4.94. The Labute approximate surface area is 190 Å². The lowest BCUT2D eigenvalue weighted by atomic mass is 10.1. The van der Waals surface area contributed by atoms with E-state index in [4.69, 9.17) is 0 Å². The Morgan fingerprint density at radius 3 is 2.47 bits per heavy atom. The minimum absolute atomic E-state index is 0.0179. The van der Waals surface area contributed by atoms with Gasteiger partial charge in [-0.05, 0) is 17.7 Å². The predicted octanol–water partition coefficient (Wildman–Crippen LogP) is 2.89. The summed E-state index contributed by atoms with van der Waals surface area (Å²) in [5, 5.41) is 16.1. The van der Waals surface area contributed by atoms with Crippen LogP contribution >= 0.6 is 0 Å². The Morgan fingerprint density at radius 1 is 1.18 bits per heavy atom. The van der Waals surface area contributed by atoms with Crippen LogP contribution in [0, 0.1) is 0 Å². The van der Waals surface area contributed by atoms with Gasteiger partial charge >= 0.3 is 21.7 Å². The maximum Gasteiger partial charge on any atom is 0.534 e. The van der Waals surface area contributed by atoms with Gasteiger partial charge in [0.25, 0.3) is 0 Å². The maximum atomic E-state index is 12.9. The number of benzene rings is 1. The van der Waals surface area contributed by atoms with E-state index in [1.54, 1.807) is 42.2 Å². The third-order valence-corrected chi connectivity index (χ3v) is 5.89. The van der Waals surface area contributed by atoms with Gasteiger partial charge in [-0.15, -0.1) is 0 Å². The molecule has 1 amide bonds. The zero-order valence-corrected chi connectivity index (χ0v) is 18.3. The third kappa shape index (κ3) is 4.73. The van der Waals surface area contributed by atoms with Crippen LogP contribution in [0.2, 0.25) is 0 Å². The molecular formula is C19H17F3N6O5S. The standard InChI is InChI=1S/C19H17F3N6O5S/c1-27-9-12(8-23-27)11-2-4-13(5-3-11)24-17-25-15-6-7-28(18(29)30)10-14(15)16(26-17)33-34(31,32)19(20,21)22/h2-5,8-9H,6-7,10H2,1H3,(H,29,30)(H,24,25,26). The van der Waals surface area contributed by atoms with Gasteiger partial charge in [0.1, 0.15) is 0 Å². The van der Waals surface area contributed by atoms with Crippen LogP contribution in [0.25, 0.3) is 11.1 Å². The fourth-order valence-corrected chi connectivity index (χ4v) is 3.71. The highest BCUT2D eigenvalue weighted by atomic mass is 32.2. The molecule has 11 nitrogen and oxygen atoms in total. The van der Waals surface area contributed by atoms with Gasteiger partial charge in [0.15, 0.2) is 0 Å². The summed E-state index contributed by atoms with van der Waals surface area (Å²) in [4.78, 5) is 20.2. The van der Waals surface area contributed by atoms with Crippen molar-refractivity contribution in [3.8, 4) is 17.0 Å². The van der Waals surface area contributed by atoms with E-state index in [0.29, 0.717) is 5.69 Å². The van der Waals surface area contributed by atoms with E-state index in [2.05, 4.69) is 24.6 Å². The highest BCUT2D eigenvalue weighted by Crippen LogP contribution is 2.33. The van der Waals surface area contributed by atoms with E-state index in [-0.39, 0.29) is 30.2 Å². The zero-order valence-electron chi connectivity index (χ0n) is 17.4. The van der Waals surface area contributed by atoms with Gasteiger partial charge < -0.3 is 19.5 Å². The van der Waals surface area contributed by atoms with Crippen LogP contribution in [-0.4, -0.2) is 56.3 Å². The maximum absolute atomic E-state index is 12.9. The SMILES string of the molecule is Cn1cc(-c2ccc(Nc3nc4c(c(OS(=O)(=O)C(F)(F)F)n3)CN(C(=O)O)CC4)cc2)cn1. The number of carboxylic acid groups (broad SMARTS) is 1. The molecule has 180 valence electrons. The monoisotopic (exact) mass is 498 g/mol. The number of nitrogens with one attached hydrogen (secondary N) is 1. The van der Waals surface area contributed by atoms with E-state index in [1.165, 1.54) is 0 Å². The number of anilines is 2. The molecule has 0 spiro atoms. The smallest absolute Gasteiger partial charge is 0.465 e. The molecule has 3 heterocycles. The lowest BCUT2D eigenvalue weighted by Crippen LogP contribution is -2.36. The van der Waals surface area contributed by atoms with Crippen LogP contribution in [0.5, 0.6) is 5.88 Å². The van der Waals surface area contributed by atoms with Crippen LogP contribution < -0.4 is 9.50 Å². The molecule has 0 unspecified atom stereocenters. The minimum Gasteiger partial charge on any atom is -0.465 e. The summed E-state index contributed by atoms with van der Waals surface area (Å²) in [5.74, 6) is -1.09. The van der Waals surface area contributed by atoms with Crippen molar-refractivity contribution in [2.75, 3.05) is 11.9 Å². The molecule has 0 atom stereocenters. The van der Waals surface area contributed by atoms with Crippen molar-refractivity contribution in [3.05, 3.63) is 47.9 Å². The summed E-state index contributed by atoms with van der Waals surface area (Å²) in [7, 11) is -4.26. The topological polar surface area (TPSA) is 140 Å². The molecule has 15 heteroatoms. The normalized spacial score (nSPS) is 13.9. The average molecular weight is 498 g/mol. The molecule has 0 saturated carbocycles.